The number of nitrogens with one attached hydrogen (secondary N) is 1. The molecule has 2 N–H and O–H groups in total. The van der Waals surface area contributed by atoms with Crippen molar-refractivity contribution in [1.29, 1.82) is 0 Å². The van der Waals surface area contributed by atoms with Crippen LogP contribution in [0.1, 0.15) is 50.4 Å². The maximum atomic E-state index is 12.3. The van der Waals surface area contributed by atoms with Gasteiger partial charge < -0.3 is 10.4 Å². The van der Waals surface area contributed by atoms with Gasteiger partial charge in [0, 0.05) is 10.1 Å². The summed E-state index contributed by atoms with van der Waals surface area (Å²) < 4.78 is 0. The summed E-state index contributed by atoms with van der Waals surface area (Å²) in [7, 11) is 0. The van der Waals surface area contributed by atoms with E-state index >= 15 is 0 Å². The van der Waals surface area contributed by atoms with Gasteiger partial charge in [0.15, 0.2) is 0 Å². The average molecular weight is 309 g/mol. The number of amides is 1. The van der Waals surface area contributed by atoms with Crippen LogP contribution >= 0.6 is 11.8 Å². The number of hydrogen-bond donors (Lipinski definition) is 2. The molecule has 1 aromatic carbocycles. The van der Waals surface area contributed by atoms with Crippen LogP contribution in [0.15, 0.2) is 29.2 Å². The first kappa shape index (κ1) is 17.6. The maximum absolute atomic E-state index is 12.3. The Morgan fingerprint density at radius 3 is 2.52 bits per heavy atom. The lowest BCUT2D eigenvalue weighted by Gasteiger charge is -2.16. The van der Waals surface area contributed by atoms with Crippen molar-refractivity contribution in [3.63, 3.8) is 0 Å². The van der Waals surface area contributed by atoms with Gasteiger partial charge in [0.2, 0.25) is 0 Å². The monoisotopic (exact) mass is 309 g/mol. The normalized spacial score (nSPS) is 12.2. The molecule has 0 saturated heterocycles. The van der Waals surface area contributed by atoms with Crippen molar-refractivity contribution in [3.05, 3.63) is 29.8 Å². The zero-order chi connectivity index (χ0) is 15.8. The molecule has 0 aliphatic rings. The quantitative estimate of drug-likeness (QED) is 0.721. The van der Waals surface area contributed by atoms with Gasteiger partial charge in [0.25, 0.3) is 5.91 Å². The third-order valence-corrected chi connectivity index (χ3v) is 4.03. The SMILES string of the molecule is CCCCC(NC(=O)c1ccccc1SC(C)C)C(=O)O. The summed E-state index contributed by atoms with van der Waals surface area (Å²) in [6.45, 7) is 6.11. The number of benzene rings is 1. The van der Waals surface area contributed by atoms with Gasteiger partial charge in [-0.1, -0.05) is 45.7 Å². The van der Waals surface area contributed by atoms with Gasteiger partial charge in [-0.2, -0.15) is 0 Å². The molecule has 0 aliphatic heterocycles. The van der Waals surface area contributed by atoms with Gasteiger partial charge in [-0.15, -0.1) is 11.8 Å². The number of unbranched alkanes of at least 4 members (excludes halogenated alkanes) is 1. The van der Waals surface area contributed by atoms with Crippen LogP contribution in [-0.4, -0.2) is 28.3 Å². The number of thioether (sulfide) groups is 1. The first-order chi connectivity index (χ1) is 9.95. The predicted molar refractivity (Wildman–Crippen MR) is 85.9 cm³/mol. The van der Waals surface area contributed by atoms with Crippen molar-refractivity contribution in [2.75, 3.05) is 0 Å². The molecule has 5 heteroatoms. The fourth-order valence-electron chi connectivity index (χ4n) is 1.91. The van der Waals surface area contributed by atoms with E-state index in [4.69, 9.17) is 0 Å². The van der Waals surface area contributed by atoms with Crippen molar-refractivity contribution in [3.8, 4) is 0 Å². The predicted octanol–water partition coefficient (Wildman–Crippen LogP) is 3.56. The maximum Gasteiger partial charge on any atom is 0.326 e. The summed E-state index contributed by atoms with van der Waals surface area (Å²) in [6, 6.07) is 6.48. The van der Waals surface area contributed by atoms with Crippen molar-refractivity contribution in [2.24, 2.45) is 0 Å². The van der Waals surface area contributed by atoms with Crippen molar-refractivity contribution < 1.29 is 14.7 Å². The fourth-order valence-corrected chi connectivity index (χ4v) is 2.87. The van der Waals surface area contributed by atoms with Crippen molar-refractivity contribution in [2.45, 2.75) is 56.2 Å². The highest BCUT2D eigenvalue weighted by molar-refractivity contribution is 8.00. The Morgan fingerprint density at radius 1 is 1.29 bits per heavy atom. The minimum atomic E-state index is -0.981. The van der Waals surface area contributed by atoms with Crippen LogP contribution in [0.25, 0.3) is 0 Å². The molecule has 4 nitrogen and oxygen atoms in total. The molecule has 0 spiro atoms. The summed E-state index contributed by atoms with van der Waals surface area (Å²) in [5.41, 5.74) is 0.541. The highest BCUT2D eigenvalue weighted by Gasteiger charge is 2.21. The second-order valence-electron chi connectivity index (χ2n) is 5.17. The van der Waals surface area contributed by atoms with Gasteiger partial charge in [0.1, 0.15) is 6.04 Å². The number of rotatable bonds is 8. The highest BCUT2D eigenvalue weighted by Crippen LogP contribution is 2.26. The van der Waals surface area contributed by atoms with Crippen LogP contribution < -0.4 is 5.32 Å². The molecule has 0 bridgehead atoms. The molecule has 0 aromatic heterocycles. The number of carbonyl (C=O) groups excluding carboxylic acids is 1. The molecule has 0 fully saturated rings. The van der Waals surface area contributed by atoms with E-state index in [-0.39, 0.29) is 5.91 Å². The molecule has 1 aromatic rings. The second kappa shape index (κ2) is 8.72. The minimum absolute atomic E-state index is 0.317. The molecule has 1 amide bonds. The summed E-state index contributed by atoms with van der Waals surface area (Å²) in [6.07, 6.45) is 2.14. The lowest BCUT2D eigenvalue weighted by atomic mass is 10.1. The number of hydrogen-bond acceptors (Lipinski definition) is 3. The van der Waals surface area contributed by atoms with Gasteiger partial charge in [-0.05, 0) is 18.6 Å². The molecule has 0 aliphatic carbocycles. The van der Waals surface area contributed by atoms with E-state index in [1.165, 1.54) is 0 Å². The Bertz CT molecular complexity index is 488. The fraction of sp³-hybridized carbons (Fsp3) is 0.500. The van der Waals surface area contributed by atoms with E-state index in [1.54, 1.807) is 23.9 Å². The first-order valence-corrected chi connectivity index (χ1v) is 8.13. The topological polar surface area (TPSA) is 66.4 Å². The number of aliphatic carboxylic acids is 1. The van der Waals surface area contributed by atoms with Crippen LogP contribution in [-0.2, 0) is 4.79 Å². The molecule has 1 atom stereocenters. The average Bonchev–Trinajstić information content (AvgIpc) is 2.42. The Hall–Kier alpha value is -1.49. The van der Waals surface area contributed by atoms with Gasteiger partial charge in [0.05, 0.1) is 5.56 Å². The minimum Gasteiger partial charge on any atom is -0.480 e. The molecule has 0 saturated carbocycles. The number of carbonyl (C=O) groups is 2. The van der Waals surface area contributed by atoms with Gasteiger partial charge in [-0.3, -0.25) is 4.79 Å². The third-order valence-electron chi connectivity index (χ3n) is 2.94. The van der Waals surface area contributed by atoms with E-state index in [0.29, 0.717) is 17.2 Å². The molecule has 116 valence electrons. The summed E-state index contributed by atoms with van der Waals surface area (Å²) >= 11 is 1.60. The van der Waals surface area contributed by atoms with Crippen LogP contribution in [0, 0.1) is 0 Å². The standard InChI is InChI=1S/C16H23NO3S/c1-4-5-9-13(16(19)20)17-15(18)12-8-6-7-10-14(12)21-11(2)3/h6-8,10-11,13H,4-5,9H2,1-3H3,(H,17,18)(H,19,20). The summed E-state index contributed by atoms with van der Waals surface area (Å²) in [4.78, 5) is 24.4. The van der Waals surface area contributed by atoms with Crippen molar-refractivity contribution in [1.82, 2.24) is 5.32 Å². The summed E-state index contributed by atoms with van der Waals surface area (Å²) in [5.74, 6) is -1.30. The Labute approximate surface area is 130 Å². The van der Waals surface area contributed by atoms with E-state index in [1.807, 2.05) is 19.1 Å². The molecule has 0 radical (unpaired) electrons. The van der Waals surface area contributed by atoms with Crippen LogP contribution in [0.4, 0.5) is 0 Å². The second-order valence-corrected chi connectivity index (χ2v) is 6.79. The molecule has 1 rings (SSSR count). The first-order valence-electron chi connectivity index (χ1n) is 7.25. The largest absolute Gasteiger partial charge is 0.480 e. The number of carboxylic acid groups (broad SMARTS) is 1. The van der Waals surface area contributed by atoms with E-state index in [0.717, 1.165) is 17.7 Å². The summed E-state index contributed by atoms with van der Waals surface area (Å²) in [5, 5.41) is 12.2. The Balaban J connectivity index is 2.84. The highest BCUT2D eigenvalue weighted by atomic mass is 32.2. The van der Waals surface area contributed by atoms with E-state index < -0.39 is 12.0 Å². The van der Waals surface area contributed by atoms with Gasteiger partial charge in [-0.25, -0.2) is 4.79 Å². The van der Waals surface area contributed by atoms with E-state index in [9.17, 15) is 14.7 Å². The van der Waals surface area contributed by atoms with Crippen molar-refractivity contribution >= 4 is 23.6 Å². The zero-order valence-electron chi connectivity index (χ0n) is 12.8. The number of carboxylic acids is 1. The molecule has 1 unspecified atom stereocenters. The molecular weight excluding hydrogens is 286 g/mol. The van der Waals surface area contributed by atoms with E-state index in [2.05, 4.69) is 19.2 Å². The lowest BCUT2D eigenvalue weighted by Crippen LogP contribution is -2.40. The zero-order valence-corrected chi connectivity index (χ0v) is 13.6. The molecular formula is C16H23NO3S. The Morgan fingerprint density at radius 2 is 1.95 bits per heavy atom. The third kappa shape index (κ3) is 5.79. The van der Waals surface area contributed by atoms with Crippen LogP contribution in [0.3, 0.4) is 0 Å². The lowest BCUT2D eigenvalue weighted by molar-refractivity contribution is -0.139. The van der Waals surface area contributed by atoms with Gasteiger partial charge >= 0.3 is 5.97 Å². The molecule has 0 heterocycles. The van der Waals surface area contributed by atoms with Crippen LogP contribution in [0.5, 0.6) is 0 Å². The van der Waals surface area contributed by atoms with Crippen LogP contribution in [0.2, 0.25) is 0 Å². The molecule has 21 heavy (non-hydrogen) atoms. The Kier molecular flexibility index (Phi) is 7.29. The smallest absolute Gasteiger partial charge is 0.326 e.